The van der Waals surface area contributed by atoms with Gasteiger partial charge in [-0.2, -0.15) is 10.1 Å². The summed E-state index contributed by atoms with van der Waals surface area (Å²) < 4.78 is 7.84. The number of aromatic nitrogens is 1. The molecule has 0 aliphatic carbocycles. The van der Waals surface area contributed by atoms with Crippen LogP contribution in [0.3, 0.4) is 0 Å². The van der Waals surface area contributed by atoms with E-state index in [1.165, 1.54) is 16.3 Å². The maximum atomic E-state index is 13.9. The Bertz CT molecular complexity index is 1650. The van der Waals surface area contributed by atoms with E-state index < -0.39 is 11.4 Å². The molecule has 2 aliphatic heterocycles. The SMILES string of the molecule is CCOC(=O)CC1=NN(c2ccccc2)C(=O)C1=c1sc(=C2N(C)c3ccccc3C2(C)C)c(=O)n1CC. The first kappa shape index (κ1) is 25.7. The summed E-state index contributed by atoms with van der Waals surface area (Å²) in [7, 11) is 1.97. The van der Waals surface area contributed by atoms with Crippen molar-refractivity contribution in [3.63, 3.8) is 0 Å². The van der Waals surface area contributed by atoms with E-state index >= 15 is 0 Å². The van der Waals surface area contributed by atoms with Gasteiger partial charge in [-0.05, 0) is 37.6 Å². The van der Waals surface area contributed by atoms with E-state index in [4.69, 9.17) is 4.74 Å². The Labute approximate surface area is 224 Å². The number of ether oxygens (including phenoxy) is 1. The van der Waals surface area contributed by atoms with Gasteiger partial charge in [0.25, 0.3) is 11.5 Å². The molecule has 9 heteroatoms. The van der Waals surface area contributed by atoms with Gasteiger partial charge in [0.15, 0.2) is 0 Å². The third-order valence-corrected chi connectivity index (χ3v) is 8.22. The van der Waals surface area contributed by atoms with Gasteiger partial charge in [0, 0.05) is 24.7 Å². The Balaban J connectivity index is 1.79. The van der Waals surface area contributed by atoms with Crippen molar-refractivity contribution in [2.45, 2.75) is 46.1 Å². The molecule has 0 unspecified atom stereocenters. The van der Waals surface area contributed by atoms with E-state index in [1.807, 2.05) is 50.4 Å². The molecule has 0 bridgehead atoms. The Kier molecular flexibility index (Phi) is 6.56. The molecular weight excluding hydrogens is 500 g/mol. The number of fused-ring (bicyclic) bond motifs is 1. The topological polar surface area (TPSA) is 84.2 Å². The number of benzene rings is 2. The van der Waals surface area contributed by atoms with Crippen LogP contribution in [0.15, 0.2) is 64.5 Å². The van der Waals surface area contributed by atoms with Crippen LogP contribution >= 0.6 is 11.3 Å². The summed E-state index contributed by atoms with van der Waals surface area (Å²) in [6.45, 7) is 8.42. The Hall–Kier alpha value is -3.98. The molecule has 0 fully saturated rings. The van der Waals surface area contributed by atoms with E-state index in [1.54, 1.807) is 23.6 Å². The number of hydrazone groups is 1. The minimum atomic E-state index is -0.477. The van der Waals surface area contributed by atoms with Crippen LogP contribution in [0.25, 0.3) is 11.3 Å². The summed E-state index contributed by atoms with van der Waals surface area (Å²) in [5.41, 5.74) is 3.63. The summed E-state index contributed by atoms with van der Waals surface area (Å²) in [6.07, 6.45) is -0.170. The van der Waals surface area contributed by atoms with Gasteiger partial charge in [-0.15, -0.1) is 11.3 Å². The number of hydrogen-bond donors (Lipinski definition) is 0. The van der Waals surface area contributed by atoms with Gasteiger partial charge in [-0.3, -0.25) is 19.0 Å². The van der Waals surface area contributed by atoms with Crippen LogP contribution in [-0.2, 0) is 26.3 Å². The number of carbonyl (C=O) groups is 2. The van der Waals surface area contributed by atoms with E-state index in [9.17, 15) is 14.4 Å². The highest BCUT2D eigenvalue weighted by atomic mass is 32.1. The lowest BCUT2D eigenvalue weighted by atomic mass is 9.84. The monoisotopic (exact) mass is 530 g/mol. The van der Waals surface area contributed by atoms with Gasteiger partial charge >= 0.3 is 5.97 Å². The predicted octanol–water partition coefficient (Wildman–Crippen LogP) is 2.97. The standard InChI is InChI=1S/C29H30N4O4S/c1-6-32-27(36)24(25-29(3,4)19-15-11-12-16-21(19)31(25)5)38-28(32)23-20(17-22(34)37-7-2)30-33(26(23)35)18-13-9-8-10-14-18/h8-16H,6-7,17H2,1-5H3. The minimum absolute atomic E-state index is 0.163. The van der Waals surface area contributed by atoms with Gasteiger partial charge in [-0.1, -0.05) is 50.2 Å². The molecule has 5 rings (SSSR count). The predicted molar refractivity (Wildman–Crippen MR) is 151 cm³/mol. The van der Waals surface area contributed by atoms with E-state index in [0.29, 0.717) is 27.1 Å². The molecule has 196 valence electrons. The van der Waals surface area contributed by atoms with Crippen molar-refractivity contribution in [1.29, 1.82) is 0 Å². The fraction of sp³-hybridized carbons (Fsp3) is 0.310. The molecule has 2 aliphatic rings. The Morgan fingerprint density at radius 1 is 1.03 bits per heavy atom. The molecule has 0 atom stereocenters. The molecule has 0 saturated heterocycles. The first-order chi connectivity index (χ1) is 18.2. The largest absolute Gasteiger partial charge is 0.466 e. The van der Waals surface area contributed by atoms with Crippen molar-refractivity contribution >= 4 is 51.6 Å². The van der Waals surface area contributed by atoms with Crippen LogP contribution in [0.2, 0.25) is 0 Å². The normalized spacial score (nSPS) is 19.1. The van der Waals surface area contributed by atoms with Crippen molar-refractivity contribution in [1.82, 2.24) is 4.57 Å². The first-order valence-electron chi connectivity index (χ1n) is 12.7. The highest BCUT2D eigenvalue weighted by molar-refractivity contribution is 7.08. The summed E-state index contributed by atoms with van der Waals surface area (Å²) in [5.74, 6) is -0.854. The number of nitrogens with zero attached hydrogens (tertiary/aromatic N) is 4. The number of amides is 1. The second-order valence-corrected chi connectivity index (χ2v) is 10.7. The maximum Gasteiger partial charge on any atom is 0.311 e. The van der Waals surface area contributed by atoms with Gasteiger partial charge in [0.2, 0.25) is 0 Å². The van der Waals surface area contributed by atoms with Gasteiger partial charge in [0.05, 0.1) is 35.7 Å². The van der Waals surface area contributed by atoms with Crippen molar-refractivity contribution < 1.29 is 14.3 Å². The smallest absolute Gasteiger partial charge is 0.311 e. The number of hydrogen-bond acceptors (Lipinski definition) is 7. The summed E-state index contributed by atoms with van der Waals surface area (Å²) in [4.78, 5) is 42.3. The third-order valence-electron chi connectivity index (χ3n) is 7.03. The van der Waals surface area contributed by atoms with Gasteiger partial charge in [0.1, 0.15) is 9.20 Å². The van der Waals surface area contributed by atoms with Crippen LogP contribution in [0.5, 0.6) is 0 Å². The average Bonchev–Trinajstić information content (AvgIpc) is 3.46. The van der Waals surface area contributed by atoms with Crippen LogP contribution in [0.4, 0.5) is 11.4 Å². The quantitative estimate of drug-likeness (QED) is 0.474. The fourth-order valence-corrected chi connectivity index (χ4v) is 6.82. The second kappa shape index (κ2) is 9.72. The van der Waals surface area contributed by atoms with E-state index in [2.05, 4.69) is 29.9 Å². The van der Waals surface area contributed by atoms with Crippen LogP contribution in [-0.4, -0.2) is 35.8 Å². The van der Waals surface area contributed by atoms with Gasteiger partial charge in [-0.25, -0.2) is 0 Å². The molecule has 1 aromatic heterocycles. The molecule has 0 radical (unpaired) electrons. The maximum absolute atomic E-state index is 13.9. The van der Waals surface area contributed by atoms with Crippen molar-refractivity contribution in [2.24, 2.45) is 5.10 Å². The Morgan fingerprint density at radius 2 is 1.71 bits per heavy atom. The number of rotatable bonds is 5. The fourth-order valence-electron chi connectivity index (χ4n) is 5.31. The zero-order chi connectivity index (χ0) is 27.2. The minimum Gasteiger partial charge on any atom is -0.466 e. The van der Waals surface area contributed by atoms with Crippen LogP contribution in [0, 0.1) is 0 Å². The highest BCUT2D eigenvalue weighted by Crippen LogP contribution is 2.46. The van der Waals surface area contributed by atoms with Crippen molar-refractivity contribution in [3.8, 4) is 0 Å². The molecule has 3 aromatic rings. The lowest BCUT2D eigenvalue weighted by molar-refractivity contribution is -0.141. The second-order valence-electron chi connectivity index (χ2n) is 9.69. The summed E-state index contributed by atoms with van der Waals surface area (Å²) in [6, 6.07) is 17.2. The number of likely N-dealkylation sites (N-methyl/N-ethyl adjacent to an activating group) is 1. The lowest BCUT2D eigenvalue weighted by Crippen LogP contribution is -2.38. The zero-order valence-electron chi connectivity index (χ0n) is 22.1. The number of para-hydroxylation sites is 2. The number of thiazole rings is 1. The van der Waals surface area contributed by atoms with Crippen molar-refractivity contribution in [2.75, 3.05) is 23.6 Å². The number of anilines is 2. The molecule has 1 amide bonds. The van der Waals surface area contributed by atoms with Crippen molar-refractivity contribution in [3.05, 3.63) is 79.7 Å². The van der Waals surface area contributed by atoms with E-state index in [0.717, 1.165) is 16.9 Å². The summed E-state index contributed by atoms with van der Waals surface area (Å²) in [5, 5.41) is 5.84. The molecule has 2 aromatic carbocycles. The molecule has 38 heavy (non-hydrogen) atoms. The van der Waals surface area contributed by atoms with Crippen LogP contribution < -0.4 is 24.7 Å². The van der Waals surface area contributed by atoms with Crippen LogP contribution in [0.1, 0.15) is 39.7 Å². The number of esters is 1. The molecule has 0 saturated carbocycles. The van der Waals surface area contributed by atoms with Gasteiger partial charge < -0.3 is 9.64 Å². The molecule has 0 spiro atoms. The molecular formula is C29H30N4O4S. The first-order valence-corrected chi connectivity index (χ1v) is 13.5. The lowest BCUT2D eigenvalue weighted by Gasteiger charge is -2.23. The third kappa shape index (κ3) is 3.98. The molecule has 0 N–H and O–H groups in total. The highest BCUT2D eigenvalue weighted by Gasteiger charge is 2.40. The number of carbonyl (C=O) groups excluding carboxylic acids is 2. The average molecular weight is 531 g/mol. The van der Waals surface area contributed by atoms with E-state index in [-0.39, 0.29) is 30.1 Å². The molecule has 8 nitrogen and oxygen atoms in total. The zero-order valence-corrected chi connectivity index (χ0v) is 23.0. The Morgan fingerprint density at radius 3 is 2.37 bits per heavy atom. The summed E-state index contributed by atoms with van der Waals surface area (Å²) >= 11 is 1.28. The molecule has 3 heterocycles.